The maximum Gasteiger partial charge on any atom is 0.264 e. The number of nitrogens with one attached hydrogen (secondary N) is 1. The van der Waals surface area contributed by atoms with E-state index >= 15 is 0 Å². The van der Waals surface area contributed by atoms with Crippen molar-refractivity contribution in [2.75, 3.05) is 21.9 Å². The summed E-state index contributed by atoms with van der Waals surface area (Å²) in [5.41, 5.74) is 0.804. The summed E-state index contributed by atoms with van der Waals surface area (Å²) in [7, 11) is -3.83. The molecule has 0 saturated heterocycles. The lowest BCUT2D eigenvalue weighted by atomic mass is 10.3. The number of para-hydroxylation sites is 1. The van der Waals surface area contributed by atoms with Crippen LogP contribution in [0.1, 0.15) is 6.92 Å². The Morgan fingerprint density at radius 1 is 1.00 bits per heavy atom. The number of carbonyl (C=O) groups is 1. The average Bonchev–Trinajstić information content (AvgIpc) is 2.76. The van der Waals surface area contributed by atoms with E-state index in [9.17, 15) is 13.2 Å². The number of nitrogens with zero attached hydrogens (tertiary/aromatic N) is 1. The van der Waals surface area contributed by atoms with Crippen molar-refractivity contribution < 1.29 is 13.2 Å². The predicted octanol–water partition coefficient (Wildman–Crippen LogP) is 5.94. The quantitative estimate of drug-likeness (QED) is 0.393. The van der Waals surface area contributed by atoms with Gasteiger partial charge in [-0.2, -0.15) is 0 Å². The minimum absolute atomic E-state index is 0.0447. The van der Waals surface area contributed by atoms with Crippen molar-refractivity contribution in [3.63, 3.8) is 0 Å². The highest BCUT2D eigenvalue weighted by molar-refractivity contribution is 8.00. The van der Waals surface area contributed by atoms with Gasteiger partial charge < -0.3 is 5.32 Å². The number of carbonyl (C=O) groups excluding carboxylic acids is 1. The maximum absolute atomic E-state index is 13.2. The Bertz CT molecular complexity index is 1160. The fourth-order valence-corrected chi connectivity index (χ4v) is 5.33. The van der Waals surface area contributed by atoms with Crippen LogP contribution in [0.3, 0.4) is 0 Å². The number of hydrogen-bond acceptors (Lipinski definition) is 4. The molecule has 1 amide bonds. The van der Waals surface area contributed by atoms with Crippen molar-refractivity contribution in [3.8, 4) is 0 Å². The molecule has 0 bridgehead atoms. The van der Waals surface area contributed by atoms with E-state index in [0.29, 0.717) is 10.7 Å². The van der Waals surface area contributed by atoms with Crippen molar-refractivity contribution in [2.24, 2.45) is 0 Å². The van der Waals surface area contributed by atoms with Crippen LogP contribution in [0.25, 0.3) is 0 Å². The molecule has 0 heterocycles. The second kappa shape index (κ2) is 10.4. The molecule has 3 aromatic carbocycles. The highest BCUT2D eigenvalue weighted by atomic mass is 35.5. The molecule has 3 rings (SSSR count). The molecular formula is C22H20Cl2N2O3S2. The van der Waals surface area contributed by atoms with E-state index in [-0.39, 0.29) is 33.8 Å². The smallest absolute Gasteiger partial charge is 0.264 e. The summed E-state index contributed by atoms with van der Waals surface area (Å²) in [6.45, 7) is 2.02. The van der Waals surface area contributed by atoms with Gasteiger partial charge in [0.1, 0.15) is 0 Å². The molecule has 5 nitrogen and oxygen atoms in total. The van der Waals surface area contributed by atoms with E-state index in [1.54, 1.807) is 43.3 Å². The molecule has 1 N–H and O–H groups in total. The number of amides is 1. The summed E-state index contributed by atoms with van der Waals surface area (Å²) < 4.78 is 27.7. The number of anilines is 2. The molecule has 0 saturated carbocycles. The monoisotopic (exact) mass is 494 g/mol. The standard InChI is InChI=1S/C22H20Cl2N2O3S2/c1-2-26(17-6-4-3-5-7-17)31(28,29)19-12-13-20(24)21(14-19)25-22(27)15-30-18-10-8-16(23)9-11-18/h3-14H,2,15H2,1H3,(H,25,27). The third-order valence-electron chi connectivity index (χ3n) is 4.31. The second-order valence-corrected chi connectivity index (χ2v) is 10.2. The van der Waals surface area contributed by atoms with Crippen LogP contribution in [0.2, 0.25) is 10.0 Å². The van der Waals surface area contributed by atoms with Gasteiger partial charge in [0.2, 0.25) is 5.91 Å². The molecule has 0 radical (unpaired) electrons. The van der Waals surface area contributed by atoms with Gasteiger partial charge >= 0.3 is 0 Å². The average molecular weight is 495 g/mol. The molecule has 162 valence electrons. The third-order valence-corrected chi connectivity index (χ3v) is 7.81. The van der Waals surface area contributed by atoms with E-state index in [1.165, 1.54) is 34.3 Å². The summed E-state index contributed by atoms with van der Waals surface area (Å²) in [4.78, 5) is 13.3. The summed E-state index contributed by atoms with van der Waals surface area (Å²) in [6.07, 6.45) is 0. The van der Waals surface area contributed by atoms with Gasteiger partial charge in [-0.05, 0) is 61.5 Å². The zero-order valence-electron chi connectivity index (χ0n) is 16.6. The lowest BCUT2D eigenvalue weighted by molar-refractivity contribution is -0.113. The van der Waals surface area contributed by atoms with E-state index in [1.807, 2.05) is 18.2 Å². The third kappa shape index (κ3) is 5.95. The number of hydrogen-bond donors (Lipinski definition) is 1. The number of sulfonamides is 1. The number of benzene rings is 3. The Morgan fingerprint density at radius 3 is 2.32 bits per heavy atom. The minimum Gasteiger partial charge on any atom is -0.324 e. The van der Waals surface area contributed by atoms with E-state index < -0.39 is 10.0 Å². The van der Waals surface area contributed by atoms with Crippen LogP contribution in [0, 0.1) is 0 Å². The summed E-state index contributed by atoms with van der Waals surface area (Å²) >= 11 is 13.4. The molecule has 0 fully saturated rings. The highest BCUT2D eigenvalue weighted by Gasteiger charge is 2.24. The van der Waals surface area contributed by atoms with Crippen LogP contribution >= 0.6 is 35.0 Å². The van der Waals surface area contributed by atoms with Crippen molar-refractivity contribution in [1.82, 2.24) is 0 Å². The van der Waals surface area contributed by atoms with E-state index in [4.69, 9.17) is 23.2 Å². The van der Waals surface area contributed by atoms with Gasteiger partial charge in [0.05, 0.1) is 27.0 Å². The maximum atomic E-state index is 13.2. The number of halogens is 2. The van der Waals surface area contributed by atoms with Gasteiger partial charge in [0.25, 0.3) is 10.0 Å². The summed E-state index contributed by atoms with van der Waals surface area (Å²) in [5.74, 6) is -0.160. The highest BCUT2D eigenvalue weighted by Crippen LogP contribution is 2.29. The van der Waals surface area contributed by atoms with Gasteiger partial charge in [0, 0.05) is 16.5 Å². The van der Waals surface area contributed by atoms with E-state index in [0.717, 1.165) is 4.90 Å². The second-order valence-electron chi connectivity index (χ2n) is 6.44. The van der Waals surface area contributed by atoms with Gasteiger partial charge in [-0.15, -0.1) is 11.8 Å². The largest absolute Gasteiger partial charge is 0.324 e. The fraction of sp³-hybridized carbons (Fsp3) is 0.136. The Morgan fingerprint density at radius 2 is 1.68 bits per heavy atom. The van der Waals surface area contributed by atoms with Gasteiger partial charge in [-0.3, -0.25) is 9.10 Å². The van der Waals surface area contributed by atoms with Crippen molar-refractivity contribution in [1.29, 1.82) is 0 Å². The molecule has 31 heavy (non-hydrogen) atoms. The Balaban J connectivity index is 1.77. The molecule has 0 aromatic heterocycles. The first kappa shape index (κ1) is 23.5. The van der Waals surface area contributed by atoms with Crippen molar-refractivity contribution in [3.05, 3.63) is 82.8 Å². The molecule has 0 spiro atoms. The molecule has 9 heteroatoms. The first-order valence-corrected chi connectivity index (χ1v) is 12.5. The zero-order chi connectivity index (χ0) is 22.4. The summed E-state index contributed by atoms with van der Waals surface area (Å²) in [5, 5.41) is 3.58. The topological polar surface area (TPSA) is 66.5 Å². The Hall–Kier alpha value is -2.19. The summed E-state index contributed by atoms with van der Waals surface area (Å²) in [6, 6.07) is 20.3. The number of rotatable bonds is 8. The molecular weight excluding hydrogens is 475 g/mol. The molecule has 0 aliphatic carbocycles. The molecule has 0 aliphatic heterocycles. The van der Waals surface area contributed by atoms with Crippen LogP contribution in [0.4, 0.5) is 11.4 Å². The van der Waals surface area contributed by atoms with Crippen molar-refractivity contribution >= 4 is 62.3 Å². The first-order valence-electron chi connectivity index (χ1n) is 9.37. The van der Waals surface area contributed by atoms with Crippen LogP contribution < -0.4 is 9.62 Å². The van der Waals surface area contributed by atoms with Gasteiger partial charge in [0.15, 0.2) is 0 Å². The van der Waals surface area contributed by atoms with Crippen molar-refractivity contribution in [2.45, 2.75) is 16.7 Å². The van der Waals surface area contributed by atoms with E-state index in [2.05, 4.69) is 5.32 Å². The van der Waals surface area contributed by atoms with Crippen LogP contribution in [-0.4, -0.2) is 26.6 Å². The van der Waals surface area contributed by atoms with Gasteiger partial charge in [-0.25, -0.2) is 8.42 Å². The SMILES string of the molecule is CCN(c1ccccc1)S(=O)(=O)c1ccc(Cl)c(NC(=O)CSc2ccc(Cl)cc2)c1. The zero-order valence-corrected chi connectivity index (χ0v) is 19.7. The van der Waals surface area contributed by atoms with Crippen LogP contribution in [0.5, 0.6) is 0 Å². The normalized spacial score (nSPS) is 11.2. The lowest BCUT2D eigenvalue weighted by Crippen LogP contribution is -2.30. The van der Waals surface area contributed by atoms with Gasteiger partial charge in [-0.1, -0.05) is 41.4 Å². The Labute approximate surface area is 196 Å². The minimum atomic E-state index is -3.83. The predicted molar refractivity (Wildman–Crippen MR) is 129 cm³/mol. The molecule has 0 unspecified atom stereocenters. The Kier molecular flexibility index (Phi) is 7.89. The fourth-order valence-electron chi connectivity index (χ4n) is 2.84. The molecule has 3 aromatic rings. The molecule has 0 aliphatic rings. The number of thioether (sulfide) groups is 1. The van der Waals surface area contributed by atoms with Crippen LogP contribution in [0.15, 0.2) is 82.6 Å². The molecule has 0 atom stereocenters. The van der Waals surface area contributed by atoms with Crippen LogP contribution in [-0.2, 0) is 14.8 Å². The lowest BCUT2D eigenvalue weighted by Gasteiger charge is -2.23. The first-order chi connectivity index (χ1) is 14.8.